The van der Waals surface area contributed by atoms with E-state index in [1.54, 1.807) is 30.3 Å². The first kappa shape index (κ1) is 17.2. The van der Waals surface area contributed by atoms with Crippen LogP contribution in [-0.4, -0.2) is 37.1 Å². The fourth-order valence-electron chi connectivity index (χ4n) is 2.61. The normalized spacial score (nSPS) is 14.0. The van der Waals surface area contributed by atoms with Gasteiger partial charge in [-0.25, -0.2) is 0 Å². The number of anilines is 1. The van der Waals surface area contributed by atoms with Crippen LogP contribution in [0.2, 0.25) is 0 Å². The van der Waals surface area contributed by atoms with Gasteiger partial charge in [-0.3, -0.25) is 0 Å². The van der Waals surface area contributed by atoms with Crippen LogP contribution >= 0.6 is 0 Å². The predicted octanol–water partition coefficient (Wildman–Crippen LogP) is 1.65. The summed E-state index contributed by atoms with van der Waals surface area (Å²) in [6, 6.07) is 8.50. The molecule has 0 bridgehead atoms. The summed E-state index contributed by atoms with van der Waals surface area (Å²) in [4.78, 5) is 0. The molecule has 2 aromatic rings. The van der Waals surface area contributed by atoms with E-state index in [1.807, 2.05) is 0 Å². The largest absolute Gasteiger partial charge is 0.493 e. The van der Waals surface area contributed by atoms with Crippen LogP contribution in [0.25, 0.3) is 0 Å². The second kappa shape index (κ2) is 7.50. The molecule has 0 aromatic heterocycles. The molecule has 25 heavy (non-hydrogen) atoms. The van der Waals surface area contributed by atoms with Gasteiger partial charge in [-0.2, -0.15) is 0 Å². The zero-order valence-corrected chi connectivity index (χ0v) is 13.9. The van der Waals surface area contributed by atoms with Crippen molar-refractivity contribution in [2.24, 2.45) is 0 Å². The van der Waals surface area contributed by atoms with Crippen molar-refractivity contribution < 1.29 is 29.2 Å². The summed E-state index contributed by atoms with van der Waals surface area (Å²) in [6.45, 7) is 0.828. The van der Waals surface area contributed by atoms with Crippen molar-refractivity contribution >= 4 is 5.69 Å². The molecule has 7 nitrogen and oxygen atoms in total. The van der Waals surface area contributed by atoms with Crippen molar-refractivity contribution in [1.29, 1.82) is 0 Å². The lowest BCUT2D eigenvalue weighted by atomic mass is 10.1. The van der Waals surface area contributed by atoms with Gasteiger partial charge in [-0.1, -0.05) is 6.07 Å². The van der Waals surface area contributed by atoms with Gasteiger partial charge in [0.2, 0.25) is 0 Å². The van der Waals surface area contributed by atoms with Crippen molar-refractivity contribution in [3.8, 4) is 23.0 Å². The first-order valence-corrected chi connectivity index (χ1v) is 7.90. The van der Waals surface area contributed by atoms with E-state index >= 15 is 0 Å². The lowest BCUT2D eigenvalue weighted by Crippen LogP contribution is -2.16. The summed E-state index contributed by atoms with van der Waals surface area (Å²) in [5, 5.41) is 19.6. The fourth-order valence-corrected chi connectivity index (χ4v) is 2.61. The molecule has 134 valence electrons. The Labute approximate surface area is 145 Å². The Morgan fingerprint density at radius 2 is 1.92 bits per heavy atom. The molecular formula is C18H21NO6. The minimum absolute atomic E-state index is 0.0152. The van der Waals surface area contributed by atoms with Gasteiger partial charge in [-0.05, 0) is 35.4 Å². The Hall–Kier alpha value is -2.64. The van der Waals surface area contributed by atoms with Crippen LogP contribution < -0.4 is 24.7 Å². The van der Waals surface area contributed by atoms with Crippen molar-refractivity contribution in [3.63, 3.8) is 0 Å². The average Bonchev–Trinajstić information content (AvgIpc) is 2.65. The van der Waals surface area contributed by atoms with Crippen LogP contribution in [0.3, 0.4) is 0 Å². The topological polar surface area (TPSA) is 103 Å². The number of benzene rings is 2. The van der Waals surface area contributed by atoms with Gasteiger partial charge in [0.15, 0.2) is 23.0 Å². The summed E-state index contributed by atoms with van der Waals surface area (Å²) < 4.78 is 21.9. The lowest BCUT2D eigenvalue weighted by molar-refractivity contribution is 0.106. The number of fused-ring (bicyclic) bond motifs is 1. The predicted molar refractivity (Wildman–Crippen MR) is 91.2 cm³/mol. The zero-order chi connectivity index (χ0) is 17.8. The van der Waals surface area contributed by atoms with Crippen LogP contribution in [0.5, 0.6) is 23.0 Å². The number of methoxy groups -OCH3 is 1. The van der Waals surface area contributed by atoms with E-state index in [1.165, 1.54) is 7.11 Å². The SMILES string of the molecule is COc1cc(CO)cc(N)c1OCC(O)c1ccc2c(c1)OCCO2. The molecule has 1 aliphatic rings. The Bertz CT molecular complexity index is 749. The van der Waals surface area contributed by atoms with Crippen LogP contribution in [-0.2, 0) is 6.61 Å². The van der Waals surface area contributed by atoms with Crippen molar-refractivity contribution in [2.45, 2.75) is 12.7 Å². The Morgan fingerprint density at radius 1 is 1.16 bits per heavy atom. The van der Waals surface area contributed by atoms with Gasteiger partial charge in [-0.15, -0.1) is 0 Å². The van der Waals surface area contributed by atoms with E-state index in [-0.39, 0.29) is 13.2 Å². The van der Waals surface area contributed by atoms with Crippen LogP contribution in [0, 0.1) is 0 Å². The standard InChI is InChI=1S/C18H21NO6/c1-22-17-7-11(9-20)6-13(19)18(17)25-10-14(21)12-2-3-15-16(8-12)24-5-4-23-15/h2-3,6-8,14,20-21H,4-5,9-10,19H2,1H3. The van der Waals surface area contributed by atoms with Gasteiger partial charge < -0.3 is 34.9 Å². The summed E-state index contributed by atoms with van der Waals surface area (Å²) in [6.07, 6.45) is -0.877. The van der Waals surface area contributed by atoms with Crippen molar-refractivity contribution in [2.75, 3.05) is 32.7 Å². The minimum Gasteiger partial charge on any atom is -0.493 e. The third-order valence-electron chi connectivity index (χ3n) is 3.88. The number of ether oxygens (including phenoxy) is 4. The van der Waals surface area contributed by atoms with Crippen molar-refractivity contribution in [3.05, 3.63) is 41.5 Å². The summed E-state index contributed by atoms with van der Waals surface area (Å²) in [7, 11) is 1.49. The first-order chi connectivity index (χ1) is 12.1. The molecular weight excluding hydrogens is 326 g/mol. The molecule has 0 aliphatic carbocycles. The second-order valence-corrected chi connectivity index (χ2v) is 5.60. The molecule has 4 N–H and O–H groups in total. The molecule has 1 heterocycles. The molecule has 0 saturated carbocycles. The zero-order valence-electron chi connectivity index (χ0n) is 13.9. The highest BCUT2D eigenvalue weighted by Gasteiger charge is 2.18. The summed E-state index contributed by atoms with van der Waals surface area (Å²) in [5.74, 6) is 2.00. The molecule has 0 radical (unpaired) electrons. The maximum atomic E-state index is 10.4. The average molecular weight is 347 g/mol. The third kappa shape index (κ3) is 3.72. The van der Waals surface area contributed by atoms with E-state index in [0.29, 0.717) is 53.0 Å². The Morgan fingerprint density at radius 3 is 2.64 bits per heavy atom. The van der Waals surface area contributed by atoms with E-state index in [2.05, 4.69) is 0 Å². The monoisotopic (exact) mass is 347 g/mol. The van der Waals surface area contributed by atoms with Crippen LogP contribution in [0.4, 0.5) is 5.69 Å². The number of hydrogen-bond donors (Lipinski definition) is 3. The lowest BCUT2D eigenvalue weighted by Gasteiger charge is -2.21. The molecule has 1 unspecified atom stereocenters. The van der Waals surface area contributed by atoms with Gasteiger partial charge in [0.05, 0.1) is 19.4 Å². The van der Waals surface area contributed by atoms with Gasteiger partial charge in [0.25, 0.3) is 0 Å². The smallest absolute Gasteiger partial charge is 0.184 e. The molecule has 1 aliphatic heterocycles. The minimum atomic E-state index is -0.877. The van der Waals surface area contributed by atoms with Gasteiger partial charge in [0, 0.05) is 0 Å². The van der Waals surface area contributed by atoms with Crippen molar-refractivity contribution in [1.82, 2.24) is 0 Å². The molecule has 1 atom stereocenters. The van der Waals surface area contributed by atoms with Gasteiger partial charge >= 0.3 is 0 Å². The number of nitrogen functional groups attached to an aromatic ring is 1. The third-order valence-corrected chi connectivity index (χ3v) is 3.88. The quantitative estimate of drug-likeness (QED) is 0.683. The highest BCUT2D eigenvalue weighted by molar-refractivity contribution is 5.62. The number of rotatable bonds is 6. The van der Waals surface area contributed by atoms with Crippen LogP contribution in [0.15, 0.2) is 30.3 Å². The van der Waals surface area contributed by atoms with E-state index < -0.39 is 6.10 Å². The maximum Gasteiger partial charge on any atom is 0.184 e. The fraction of sp³-hybridized carbons (Fsp3) is 0.333. The number of aliphatic hydroxyl groups is 2. The molecule has 0 spiro atoms. The molecule has 7 heteroatoms. The first-order valence-electron chi connectivity index (χ1n) is 7.90. The summed E-state index contributed by atoms with van der Waals surface area (Å²) >= 11 is 0. The number of hydrogen-bond acceptors (Lipinski definition) is 7. The highest BCUT2D eigenvalue weighted by Crippen LogP contribution is 2.36. The molecule has 2 aromatic carbocycles. The second-order valence-electron chi connectivity index (χ2n) is 5.60. The van der Waals surface area contributed by atoms with Crippen LogP contribution in [0.1, 0.15) is 17.2 Å². The van der Waals surface area contributed by atoms with Gasteiger partial charge in [0.1, 0.15) is 25.9 Å². The van der Waals surface area contributed by atoms with E-state index in [4.69, 9.17) is 24.7 Å². The maximum absolute atomic E-state index is 10.4. The number of nitrogens with two attached hydrogens (primary N) is 1. The highest BCUT2D eigenvalue weighted by atomic mass is 16.6. The molecule has 0 fully saturated rings. The summed E-state index contributed by atoms with van der Waals surface area (Å²) in [5.41, 5.74) is 7.55. The molecule has 3 rings (SSSR count). The van der Waals surface area contributed by atoms with E-state index in [0.717, 1.165) is 0 Å². The molecule has 0 saturated heterocycles. The Balaban J connectivity index is 1.73. The number of aliphatic hydroxyl groups excluding tert-OH is 2. The molecule has 0 amide bonds. The van der Waals surface area contributed by atoms with E-state index in [9.17, 15) is 10.2 Å². The Kier molecular flexibility index (Phi) is 5.16.